The van der Waals surface area contributed by atoms with E-state index in [4.69, 9.17) is 5.73 Å². The van der Waals surface area contributed by atoms with Gasteiger partial charge in [0.15, 0.2) is 0 Å². The van der Waals surface area contributed by atoms with Gasteiger partial charge >= 0.3 is 0 Å². The standard InChI is InChI=1S/C8H18N.Ti/c1-2-3-4-5-6-7-8-9;/h9H,2-8H2,1H3;/q-1;. The van der Waals surface area contributed by atoms with E-state index in [2.05, 4.69) is 6.92 Å². The minimum absolute atomic E-state index is 0. The Labute approximate surface area is 79.6 Å². The predicted octanol–water partition coefficient (Wildman–Crippen LogP) is 3.40. The first-order valence-corrected chi connectivity index (χ1v) is 4.06. The van der Waals surface area contributed by atoms with E-state index in [1.807, 2.05) is 0 Å². The van der Waals surface area contributed by atoms with Gasteiger partial charge in [0.25, 0.3) is 0 Å². The van der Waals surface area contributed by atoms with Gasteiger partial charge in [0.2, 0.25) is 0 Å². The van der Waals surface area contributed by atoms with Crippen molar-refractivity contribution < 1.29 is 21.7 Å². The molecule has 0 heterocycles. The maximum absolute atomic E-state index is 6.88. The number of unbranched alkanes of at least 4 members (excludes halogenated alkanes) is 5. The molecule has 0 rings (SSSR count). The van der Waals surface area contributed by atoms with Crippen LogP contribution < -0.4 is 0 Å². The van der Waals surface area contributed by atoms with E-state index in [9.17, 15) is 0 Å². The number of nitrogens with one attached hydrogen (secondary N) is 1. The van der Waals surface area contributed by atoms with E-state index in [0.717, 1.165) is 6.42 Å². The maximum Gasteiger partial charge on any atom is 0 e. The third-order valence-electron chi connectivity index (χ3n) is 1.53. The molecule has 0 aliphatic rings. The SMILES string of the molecule is CCCCCCCC[NH-].[Ti]. The van der Waals surface area contributed by atoms with Crippen LogP contribution in [-0.2, 0) is 21.7 Å². The summed E-state index contributed by atoms with van der Waals surface area (Å²) in [6.45, 7) is 2.84. The number of hydrogen-bond acceptors (Lipinski definition) is 0. The molecule has 10 heavy (non-hydrogen) atoms. The van der Waals surface area contributed by atoms with Crippen molar-refractivity contribution in [3.05, 3.63) is 5.73 Å². The second-order valence-electron chi connectivity index (χ2n) is 2.52. The molecule has 0 bridgehead atoms. The van der Waals surface area contributed by atoms with Crippen molar-refractivity contribution in [1.29, 1.82) is 0 Å². The summed E-state index contributed by atoms with van der Waals surface area (Å²) in [5.41, 5.74) is 6.88. The van der Waals surface area contributed by atoms with Crippen LogP contribution in [0.1, 0.15) is 45.4 Å². The maximum atomic E-state index is 6.88. The zero-order valence-corrected chi connectivity index (χ0v) is 8.51. The Hall–Kier alpha value is 0.674. The monoisotopic (exact) mass is 176 g/mol. The van der Waals surface area contributed by atoms with Crippen LogP contribution in [0.2, 0.25) is 0 Å². The second-order valence-corrected chi connectivity index (χ2v) is 2.52. The van der Waals surface area contributed by atoms with Gasteiger partial charge in [-0.15, -0.1) is 0 Å². The van der Waals surface area contributed by atoms with Gasteiger partial charge < -0.3 is 5.73 Å². The molecule has 0 aromatic heterocycles. The topological polar surface area (TPSA) is 23.8 Å². The van der Waals surface area contributed by atoms with Crippen molar-refractivity contribution in [2.45, 2.75) is 45.4 Å². The Bertz CT molecular complexity index is 42.5. The van der Waals surface area contributed by atoms with E-state index in [0.29, 0.717) is 6.54 Å². The van der Waals surface area contributed by atoms with Crippen LogP contribution in [-0.4, -0.2) is 6.54 Å². The summed E-state index contributed by atoms with van der Waals surface area (Å²) in [4.78, 5) is 0. The summed E-state index contributed by atoms with van der Waals surface area (Å²) in [5, 5.41) is 0. The normalized spacial score (nSPS) is 9.00. The van der Waals surface area contributed by atoms with E-state index >= 15 is 0 Å². The Morgan fingerprint density at radius 2 is 1.40 bits per heavy atom. The number of hydrogen-bond donors (Lipinski definition) is 0. The second kappa shape index (κ2) is 12.4. The first kappa shape index (κ1) is 13.3. The van der Waals surface area contributed by atoms with E-state index in [1.54, 1.807) is 0 Å². The van der Waals surface area contributed by atoms with Gasteiger partial charge in [-0.3, -0.25) is 0 Å². The molecule has 0 aliphatic carbocycles. The fraction of sp³-hybridized carbons (Fsp3) is 1.00. The fourth-order valence-corrected chi connectivity index (χ4v) is 0.905. The van der Waals surface area contributed by atoms with Crippen LogP contribution in [0.5, 0.6) is 0 Å². The quantitative estimate of drug-likeness (QED) is 0.437. The molecule has 2 heteroatoms. The molecule has 1 nitrogen and oxygen atoms in total. The average Bonchev–Trinajstić information content (AvgIpc) is 1.89. The Balaban J connectivity index is 0. The Kier molecular flexibility index (Phi) is 16.4. The average molecular weight is 176 g/mol. The smallest absolute Gasteiger partial charge is 0 e. The summed E-state index contributed by atoms with van der Waals surface area (Å²) in [6, 6.07) is 0. The van der Waals surface area contributed by atoms with Gasteiger partial charge in [-0.05, 0) is 0 Å². The van der Waals surface area contributed by atoms with Crippen molar-refractivity contribution in [3.8, 4) is 0 Å². The third kappa shape index (κ3) is 11.5. The molecule has 0 unspecified atom stereocenters. The molecule has 0 radical (unpaired) electrons. The summed E-state index contributed by atoms with van der Waals surface area (Å²) < 4.78 is 0. The zero-order chi connectivity index (χ0) is 6.95. The zero-order valence-electron chi connectivity index (χ0n) is 6.95. The minimum Gasteiger partial charge on any atom is -0.677 e. The molecule has 0 atom stereocenters. The van der Waals surface area contributed by atoms with Crippen LogP contribution in [0.4, 0.5) is 0 Å². The van der Waals surface area contributed by atoms with E-state index < -0.39 is 0 Å². The number of rotatable bonds is 6. The predicted molar refractivity (Wildman–Crippen MR) is 42.6 cm³/mol. The van der Waals surface area contributed by atoms with Gasteiger partial charge in [0.1, 0.15) is 0 Å². The molecule has 0 aliphatic heterocycles. The van der Waals surface area contributed by atoms with Crippen LogP contribution in [0, 0.1) is 0 Å². The van der Waals surface area contributed by atoms with Gasteiger partial charge in [-0.1, -0.05) is 45.4 Å². The molecule has 1 N–H and O–H groups in total. The van der Waals surface area contributed by atoms with E-state index in [1.165, 1.54) is 32.1 Å². The molecule has 0 aromatic carbocycles. The summed E-state index contributed by atoms with van der Waals surface area (Å²) in [7, 11) is 0. The molecule has 0 spiro atoms. The van der Waals surface area contributed by atoms with Crippen LogP contribution in [0.3, 0.4) is 0 Å². The van der Waals surface area contributed by atoms with Gasteiger partial charge in [0, 0.05) is 21.7 Å². The molecular formula is C8H18NTi-. The van der Waals surface area contributed by atoms with Gasteiger partial charge in [-0.2, -0.15) is 6.54 Å². The van der Waals surface area contributed by atoms with Gasteiger partial charge in [-0.25, -0.2) is 0 Å². The van der Waals surface area contributed by atoms with Crippen molar-refractivity contribution >= 4 is 0 Å². The van der Waals surface area contributed by atoms with E-state index in [-0.39, 0.29) is 21.7 Å². The van der Waals surface area contributed by atoms with Crippen LogP contribution in [0.15, 0.2) is 0 Å². The summed E-state index contributed by atoms with van der Waals surface area (Å²) in [6.07, 6.45) is 7.77. The third-order valence-corrected chi connectivity index (χ3v) is 1.53. The first-order valence-electron chi connectivity index (χ1n) is 4.06. The van der Waals surface area contributed by atoms with Crippen molar-refractivity contribution in [2.24, 2.45) is 0 Å². The molecule has 0 aromatic rings. The largest absolute Gasteiger partial charge is 0.677 e. The molecular weight excluding hydrogens is 158 g/mol. The fourth-order valence-electron chi connectivity index (χ4n) is 0.905. The van der Waals surface area contributed by atoms with Crippen LogP contribution in [0.25, 0.3) is 5.73 Å². The molecule has 0 fully saturated rings. The molecule has 0 saturated carbocycles. The van der Waals surface area contributed by atoms with Crippen LogP contribution >= 0.6 is 0 Å². The first-order chi connectivity index (χ1) is 4.41. The van der Waals surface area contributed by atoms with Crippen molar-refractivity contribution in [1.82, 2.24) is 0 Å². The van der Waals surface area contributed by atoms with Crippen molar-refractivity contribution in [2.75, 3.05) is 6.54 Å². The molecule has 0 saturated heterocycles. The summed E-state index contributed by atoms with van der Waals surface area (Å²) >= 11 is 0. The van der Waals surface area contributed by atoms with Gasteiger partial charge in [0.05, 0.1) is 0 Å². The van der Waals surface area contributed by atoms with Crippen molar-refractivity contribution in [3.63, 3.8) is 0 Å². The Morgan fingerprint density at radius 1 is 0.900 bits per heavy atom. The Morgan fingerprint density at radius 3 is 1.90 bits per heavy atom. The molecule has 0 amide bonds. The molecule has 60 valence electrons. The summed E-state index contributed by atoms with van der Waals surface area (Å²) in [5.74, 6) is 0. The minimum atomic E-state index is 0.